The Hall–Kier alpha value is -2.87. The van der Waals surface area contributed by atoms with Crippen LogP contribution in [0.4, 0.5) is 5.69 Å². The van der Waals surface area contributed by atoms with Crippen LogP contribution in [-0.2, 0) is 26.1 Å². The first kappa shape index (κ1) is 17.9. The number of nitrogens with zero attached hydrogens (tertiary/aromatic N) is 1. The van der Waals surface area contributed by atoms with E-state index in [1.807, 2.05) is 0 Å². The topological polar surface area (TPSA) is 90.0 Å². The summed E-state index contributed by atoms with van der Waals surface area (Å²) >= 11 is 0. The van der Waals surface area contributed by atoms with Crippen LogP contribution in [0.15, 0.2) is 47.4 Å². The van der Waals surface area contributed by atoms with E-state index in [0.29, 0.717) is 18.7 Å². The van der Waals surface area contributed by atoms with Gasteiger partial charge in [0.05, 0.1) is 12.7 Å². The van der Waals surface area contributed by atoms with E-state index >= 15 is 0 Å². The normalized spacial score (nSPS) is 13.2. The molecule has 136 valence electrons. The van der Waals surface area contributed by atoms with Crippen LogP contribution in [0.5, 0.6) is 5.75 Å². The van der Waals surface area contributed by atoms with Gasteiger partial charge in [0.15, 0.2) is 0 Å². The van der Waals surface area contributed by atoms with Crippen molar-refractivity contribution in [3.05, 3.63) is 53.6 Å². The number of rotatable bonds is 4. The molecule has 0 saturated heterocycles. The maximum absolute atomic E-state index is 12.5. The van der Waals surface area contributed by atoms with Gasteiger partial charge >= 0.3 is 16.1 Å². The van der Waals surface area contributed by atoms with Gasteiger partial charge in [0.25, 0.3) is 0 Å². The Morgan fingerprint density at radius 2 is 1.88 bits per heavy atom. The fourth-order valence-corrected chi connectivity index (χ4v) is 3.80. The van der Waals surface area contributed by atoms with Gasteiger partial charge in [-0.05, 0) is 48.4 Å². The molecule has 2 aromatic carbocycles. The van der Waals surface area contributed by atoms with Crippen LogP contribution in [0.3, 0.4) is 0 Å². The molecule has 0 aliphatic carbocycles. The van der Waals surface area contributed by atoms with E-state index in [9.17, 15) is 18.0 Å². The molecule has 0 aromatic heterocycles. The van der Waals surface area contributed by atoms with Crippen LogP contribution in [0, 0.1) is 0 Å². The Morgan fingerprint density at radius 3 is 2.58 bits per heavy atom. The van der Waals surface area contributed by atoms with Crippen molar-refractivity contribution in [2.45, 2.75) is 18.2 Å². The smallest absolute Gasteiger partial charge is 0.339 e. The van der Waals surface area contributed by atoms with Crippen LogP contribution in [0.2, 0.25) is 0 Å². The second-order valence-electron chi connectivity index (χ2n) is 5.77. The van der Waals surface area contributed by atoms with E-state index in [1.165, 1.54) is 50.4 Å². The first-order chi connectivity index (χ1) is 12.3. The molecule has 0 unspecified atom stereocenters. The Bertz CT molecular complexity index is 983. The van der Waals surface area contributed by atoms with E-state index < -0.39 is 16.1 Å². The molecule has 0 saturated carbocycles. The molecule has 0 radical (unpaired) electrons. The van der Waals surface area contributed by atoms with Gasteiger partial charge in [-0.15, -0.1) is 0 Å². The highest BCUT2D eigenvalue weighted by Gasteiger charge is 2.25. The summed E-state index contributed by atoms with van der Waals surface area (Å²) in [7, 11) is -2.84. The summed E-state index contributed by atoms with van der Waals surface area (Å²) in [5.41, 5.74) is 1.67. The number of carbonyl (C=O) groups is 2. The highest BCUT2D eigenvalue weighted by Crippen LogP contribution is 2.31. The largest absolute Gasteiger partial charge is 0.465 e. The molecule has 3 rings (SSSR count). The van der Waals surface area contributed by atoms with Gasteiger partial charge in [-0.2, -0.15) is 8.42 Å². The average molecular weight is 375 g/mol. The average Bonchev–Trinajstić information content (AvgIpc) is 3.04. The lowest BCUT2D eigenvalue weighted by Gasteiger charge is -2.15. The minimum atomic E-state index is -4.08. The van der Waals surface area contributed by atoms with Crippen molar-refractivity contribution in [1.82, 2.24) is 0 Å². The second kappa shape index (κ2) is 6.80. The van der Waals surface area contributed by atoms with Crippen LogP contribution >= 0.6 is 0 Å². The number of anilines is 1. The summed E-state index contributed by atoms with van der Waals surface area (Å²) < 4.78 is 34.8. The predicted molar refractivity (Wildman–Crippen MR) is 93.8 cm³/mol. The summed E-state index contributed by atoms with van der Waals surface area (Å²) in [6.07, 6.45) is 0.579. The maximum Gasteiger partial charge on any atom is 0.339 e. The van der Waals surface area contributed by atoms with Crippen molar-refractivity contribution < 1.29 is 26.9 Å². The minimum Gasteiger partial charge on any atom is -0.465 e. The third-order valence-electron chi connectivity index (χ3n) is 4.08. The molecular formula is C18H17NO6S. The van der Waals surface area contributed by atoms with E-state index in [4.69, 9.17) is 4.18 Å². The van der Waals surface area contributed by atoms with Crippen molar-refractivity contribution >= 4 is 27.7 Å². The third kappa shape index (κ3) is 3.41. The Balaban J connectivity index is 1.88. The lowest BCUT2D eigenvalue weighted by atomic mass is 10.2. The van der Waals surface area contributed by atoms with E-state index in [-0.39, 0.29) is 22.1 Å². The number of hydrogen-bond donors (Lipinski definition) is 0. The van der Waals surface area contributed by atoms with Gasteiger partial charge < -0.3 is 13.8 Å². The van der Waals surface area contributed by atoms with Crippen LogP contribution < -0.4 is 9.08 Å². The van der Waals surface area contributed by atoms with E-state index in [0.717, 1.165) is 5.56 Å². The van der Waals surface area contributed by atoms with Gasteiger partial charge in [0, 0.05) is 19.2 Å². The van der Waals surface area contributed by atoms with E-state index in [1.54, 1.807) is 11.0 Å². The van der Waals surface area contributed by atoms with Gasteiger partial charge in [-0.3, -0.25) is 4.79 Å². The Morgan fingerprint density at radius 1 is 1.12 bits per heavy atom. The number of benzene rings is 2. The number of ether oxygens (including phenoxy) is 1. The molecule has 0 atom stereocenters. The van der Waals surface area contributed by atoms with Crippen molar-refractivity contribution in [3.63, 3.8) is 0 Å². The van der Waals surface area contributed by atoms with E-state index in [2.05, 4.69) is 4.74 Å². The summed E-state index contributed by atoms with van der Waals surface area (Å²) in [6, 6.07) is 10.3. The van der Waals surface area contributed by atoms with Crippen LogP contribution in [-0.4, -0.2) is 33.9 Å². The Labute approximate surface area is 151 Å². The van der Waals surface area contributed by atoms with Crippen LogP contribution in [0.25, 0.3) is 0 Å². The SMILES string of the molecule is COC(=O)c1cccc(OS(=O)(=O)c2ccc3c(c2)CCN3C(C)=O)c1. The summed E-state index contributed by atoms with van der Waals surface area (Å²) in [6.45, 7) is 1.99. The van der Waals surface area contributed by atoms with Gasteiger partial charge in [-0.25, -0.2) is 4.79 Å². The van der Waals surface area contributed by atoms with Crippen molar-refractivity contribution in [2.24, 2.45) is 0 Å². The zero-order valence-corrected chi connectivity index (χ0v) is 15.1. The fourth-order valence-electron chi connectivity index (χ4n) is 2.83. The number of methoxy groups -OCH3 is 1. The molecule has 1 heterocycles. The Kier molecular flexibility index (Phi) is 4.69. The zero-order valence-electron chi connectivity index (χ0n) is 14.3. The van der Waals surface area contributed by atoms with Gasteiger partial charge in [0.1, 0.15) is 10.6 Å². The lowest BCUT2D eigenvalue weighted by molar-refractivity contribution is -0.116. The molecule has 1 aliphatic rings. The zero-order chi connectivity index (χ0) is 18.9. The highest BCUT2D eigenvalue weighted by atomic mass is 32.2. The second-order valence-corrected chi connectivity index (χ2v) is 7.31. The monoisotopic (exact) mass is 375 g/mol. The third-order valence-corrected chi connectivity index (χ3v) is 5.32. The summed E-state index contributed by atoms with van der Waals surface area (Å²) in [5.74, 6) is -0.663. The predicted octanol–water partition coefficient (Wildman–Crippen LogP) is 2.15. The molecule has 8 heteroatoms. The molecule has 0 fully saturated rings. The van der Waals surface area contributed by atoms with Crippen LogP contribution in [0.1, 0.15) is 22.8 Å². The fraction of sp³-hybridized carbons (Fsp3) is 0.222. The summed E-state index contributed by atoms with van der Waals surface area (Å²) in [4.78, 5) is 24.7. The number of amides is 1. The van der Waals surface area contributed by atoms with Crippen molar-refractivity contribution in [2.75, 3.05) is 18.6 Å². The molecule has 2 aromatic rings. The maximum atomic E-state index is 12.5. The number of fused-ring (bicyclic) bond motifs is 1. The molecule has 0 bridgehead atoms. The summed E-state index contributed by atoms with van der Waals surface area (Å²) in [5, 5.41) is 0. The number of esters is 1. The highest BCUT2D eigenvalue weighted by molar-refractivity contribution is 7.87. The number of hydrogen-bond acceptors (Lipinski definition) is 6. The molecule has 1 amide bonds. The minimum absolute atomic E-state index is 0.00915. The molecule has 0 spiro atoms. The molecule has 7 nitrogen and oxygen atoms in total. The first-order valence-electron chi connectivity index (χ1n) is 7.86. The quantitative estimate of drug-likeness (QED) is 0.601. The molecular weight excluding hydrogens is 358 g/mol. The van der Waals surface area contributed by atoms with Gasteiger partial charge in [-0.1, -0.05) is 6.07 Å². The molecule has 0 N–H and O–H groups in total. The number of carbonyl (C=O) groups excluding carboxylic acids is 2. The standard InChI is InChI=1S/C18H17NO6S/c1-12(20)19-9-8-13-11-16(6-7-17(13)19)26(22,23)25-15-5-3-4-14(10-15)18(21)24-2/h3-7,10-11H,8-9H2,1-2H3. The molecule has 1 aliphatic heterocycles. The first-order valence-corrected chi connectivity index (χ1v) is 9.26. The van der Waals surface area contributed by atoms with Gasteiger partial charge in [0.2, 0.25) is 5.91 Å². The molecule has 26 heavy (non-hydrogen) atoms. The van der Waals surface area contributed by atoms with Crippen molar-refractivity contribution in [3.8, 4) is 5.75 Å². The van der Waals surface area contributed by atoms with Crippen molar-refractivity contribution in [1.29, 1.82) is 0 Å². The lowest BCUT2D eigenvalue weighted by Crippen LogP contribution is -2.25.